The number of guanidine groups is 1. The number of fused-ring (bicyclic) bond motifs is 1. The van der Waals surface area contributed by atoms with Crippen molar-refractivity contribution < 1.29 is 9.47 Å². The summed E-state index contributed by atoms with van der Waals surface area (Å²) in [6.45, 7) is 12.1. The molecular formula is C19H36N6O2. The molecule has 0 amide bonds. The van der Waals surface area contributed by atoms with E-state index in [0.29, 0.717) is 18.6 Å². The van der Waals surface area contributed by atoms with Crippen LogP contribution < -0.4 is 10.6 Å². The summed E-state index contributed by atoms with van der Waals surface area (Å²) in [6.07, 6.45) is 3.12. The lowest BCUT2D eigenvalue weighted by molar-refractivity contribution is 0.0266. The number of aliphatic imine (C=N–C) groups is 1. The van der Waals surface area contributed by atoms with Crippen LogP contribution in [0.3, 0.4) is 0 Å². The summed E-state index contributed by atoms with van der Waals surface area (Å²) in [4.78, 5) is 9.28. The molecule has 0 aliphatic carbocycles. The van der Waals surface area contributed by atoms with Crippen LogP contribution in [-0.4, -0.2) is 59.7 Å². The van der Waals surface area contributed by atoms with Crippen molar-refractivity contribution in [3.05, 3.63) is 11.6 Å². The van der Waals surface area contributed by atoms with E-state index in [1.807, 2.05) is 11.6 Å². The average Bonchev–Trinajstić information content (AvgIpc) is 3.03. The number of aromatic nitrogens is 3. The first kappa shape index (κ1) is 21.6. The minimum absolute atomic E-state index is 0.258. The van der Waals surface area contributed by atoms with Crippen LogP contribution in [0.2, 0.25) is 0 Å². The predicted molar refractivity (Wildman–Crippen MR) is 107 cm³/mol. The van der Waals surface area contributed by atoms with Crippen LogP contribution in [0.15, 0.2) is 4.99 Å². The molecule has 2 unspecified atom stereocenters. The summed E-state index contributed by atoms with van der Waals surface area (Å²) in [5.41, 5.74) is 0. The Hall–Kier alpha value is -1.67. The van der Waals surface area contributed by atoms with Crippen molar-refractivity contribution in [1.82, 2.24) is 25.4 Å². The summed E-state index contributed by atoms with van der Waals surface area (Å²) in [6, 6.07) is 0.292. The van der Waals surface area contributed by atoms with E-state index in [0.717, 1.165) is 63.1 Å². The maximum atomic E-state index is 5.82. The van der Waals surface area contributed by atoms with E-state index in [2.05, 4.69) is 41.5 Å². The highest BCUT2D eigenvalue weighted by Crippen LogP contribution is 2.14. The third kappa shape index (κ3) is 6.77. The molecule has 1 aliphatic heterocycles. The Morgan fingerprint density at radius 3 is 2.85 bits per heavy atom. The summed E-state index contributed by atoms with van der Waals surface area (Å²) in [5.74, 6) is 3.16. The van der Waals surface area contributed by atoms with Gasteiger partial charge in [-0.2, -0.15) is 5.10 Å². The second-order valence-corrected chi connectivity index (χ2v) is 7.23. The van der Waals surface area contributed by atoms with Crippen LogP contribution in [0, 0.1) is 5.92 Å². The summed E-state index contributed by atoms with van der Waals surface area (Å²) < 4.78 is 12.9. The van der Waals surface area contributed by atoms with Gasteiger partial charge in [-0.1, -0.05) is 13.8 Å². The van der Waals surface area contributed by atoms with Crippen LogP contribution in [-0.2, 0) is 29.0 Å². The van der Waals surface area contributed by atoms with Gasteiger partial charge in [0.1, 0.15) is 12.4 Å². The average molecular weight is 381 g/mol. The first-order valence-electron chi connectivity index (χ1n) is 10.1. The van der Waals surface area contributed by atoms with Gasteiger partial charge in [-0.3, -0.25) is 4.99 Å². The Morgan fingerprint density at radius 2 is 2.19 bits per heavy atom. The smallest absolute Gasteiger partial charge is 0.191 e. The largest absolute Gasteiger partial charge is 0.378 e. The second-order valence-electron chi connectivity index (χ2n) is 7.23. The molecule has 27 heavy (non-hydrogen) atoms. The van der Waals surface area contributed by atoms with Gasteiger partial charge in [-0.05, 0) is 32.6 Å². The SMILES string of the molecule is CCNC(=NCCC(OCC)C(C)C)NC1CCc2nc(COC)nn2C1. The molecule has 0 bridgehead atoms. The zero-order valence-electron chi connectivity index (χ0n) is 17.5. The summed E-state index contributed by atoms with van der Waals surface area (Å²) in [7, 11) is 1.67. The first-order chi connectivity index (χ1) is 13.1. The topological polar surface area (TPSA) is 85.6 Å². The van der Waals surface area contributed by atoms with Gasteiger partial charge in [-0.25, -0.2) is 9.67 Å². The highest BCUT2D eigenvalue weighted by molar-refractivity contribution is 5.80. The Morgan fingerprint density at radius 1 is 1.37 bits per heavy atom. The van der Waals surface area contributed by atoms with Crippen molar-refractivity contribution in [2.45, 2.75) is 72.3 Å². The minimum Gasteiger partial charge on any atom is -0.378 e. The number of methoxy groups -OCH3 is 1. The molecule has 0 saturated heterocycles. The van der Waals surface area contributed by atoms with Crippen LogP contribution in [0.1, 0.15) is 52.2 Å². The molecule has 0 radical (unpaired) electrons. The fourth-order valence-electron chi connectivity index (χ4n) is 3.31. The number of hydrogen-bond donors (Lipinski definition) is 2. The molecule has 8 heteroatoms. The third-order valence-electron chi connectivity index (χ3n) is 4.67. The van der Waals surface area contributed by atoms with Gasteiger partial charge < -0.3 is 20.1 Å². The van der Waals surface area contributed by atoms with E-state index in [9.17, 15) is 0 Å². The van der Waals surface area contributed by atoms with Gasteiger partial charge in [0.15, 0.2) is 11.8 Å². The number of aryl methyl sites for hydroxylation is 1. The van der Waals surface area contributed by atoms with E-state index in [1.54, 1.807) is 7.11 Å². The van der Waals surface area contributed by atoms with Gasteiger partial charge in [-0.15, -0.1) is 0 Å². The van der Waals surface area contributed by atoms with Crippen molar-refractivity contribution in [2.24, 2.45) is 10.9 Å². The third-order valence-corrected chi connectivity index (χ3v) is 4.67. The molecule has 2 N–H and O–H groups in total. The lowest BCUT2D eigenvalue weighted by Gasteiger charge is -2.25. The van der Waals surface area contributed by atoms with Crippen molar-refractivity contribution in [3.8, 4) is 0 Å². The Labute approximate surface area is 163 Å². The molecular weight excluding hydrogens is 344 g/mol. The zero-order valence-corrected chi connectivity index (χ0v) is 17.5. The van der Waals surface area contributed by atoms with Crippen molar-refractivity contribution in [1.29, 1.82) is 0 Å². The first-order valence-corrected chi connectivity index (χ1v) is 10.1. The van der Waals surface area contributed by atoms with Crippen LogP contribution in [0.4, 0.5) is 0 Å². The van der Waals surface area contributed by atoms with E-state index in [1.165, 1.54) is 0 Å². The monoisotopic (exact) mass is 380 g/mol. The number of hydrogen-bond acceptors (Lipinski definition) is 5. The van der Waals surface area contributed by atoms with Gasteiger partial charge in [0, 0.05) is 39.3 Å². The van der Waals surface area contributed by atoms with Crippen LogP contribution in [0.25, 0.3) is 0 Å². The summed E-state index contributed by atoms with van der Waals surface area (Å²) in [5, 5.41) is 11.4. The van der Waals surface area contributed by atoms with E-state index < -0.39 is 0 Å². The quantitative estimate of drug-likeness (QED) is 0.475. The van der Waals surface area contributed by atoms with Crippen LogP contribution in [0.5, 0.6) is 0 Å². The van der Waals surface area contributed by atoms with Gasteiger partial charge in [0.25, 0.3) is 0 Å². The Bertz CT molecular complexity index is 587. The molecule has 1 aliphatic rings. The molecule has 1 aromatic rings. The molecule has 0 aromatic carbocycles. The molecule has 0 fully saturated rings. The Balaban J connectivity index is 1.91. The normalized spacial score (nSPS) is 18.4. The highest BCUT2D eigenvalue weighted by Gasteiger charge is 2.22. The number of ether oxygens (including phenoxy) is 2. The maximum absolute atomic E-state index is 5.82. The lowest BCUT2D eigenvalue weighted by Crippen LogP contribution is -2.47. The number of nitrogens with one attached hydrogen (secondary N) is 2. The predicted octanol–water partition coefficient (Wildman–Crippen LogP) is 1.75. The molecule has 2 heterocycles. The van der Waals surface area contributed by atoms with Gasteiger partial charge in [0.2, 0.25) is 0 Å². The fourth-order valence-corrected chi connectivity index (χ4v) is 3.31. The molecule has 0 saturated carbocycles. The lowest BCUT2D eigenvalue weighted by atomic mass is 10.0. The van der Waals surface area contributed by atoms with Crippen LogP contribution >= 0.6 is 0 Å². The van der Waals surface area contributed by atoms with Gasteiger partial charge in [0.05, 0.1) is 12.6 Å². The minimum atomic E-state index is 0.258. The molecule has 2 atom stereocenters. The van der Waals surface area contributed by atoms with Crippen molar-refractivity contribution >= 4 is 5.96 Å². The zero-order chi connectivity index (χ0) is 19.6. The maximum Gasteiger partial charge on any atom is 0.191 e. The highest BCUT2D eigenvalue weighted by atomic mass is 16.5. The fraction of sp³-hybridized carbons (Fsp3) is 0.842. The second kappa shape index (κ2) is 11.2. The number of nitrogens with zero attached hydrogens (tertiary/aromatic N) is 4. The summed E-state index contributed by atoms with van der Waals surface area (Å²) >= 11 is 0. The molecule has 154 valence electrons. The molecule has 8 nitrogen and oxygen atoms in total. The van der Waals surface area contributed by atoms with Gasteiger partial charge >= 0.3 is 0 Å². The molecule has 2 rings (SSSR count). The van der Waals surface area contributed by atoms with E-state index in [-0.39, 0.29) is 6.10 Å². The number of rotatable bonds is 10. The molecule has 1 aromatic heterocycles. The van der Waals surface area contributed by atoms with E-state index >= 15 is 0 Å². The van der Waals surface area contributed by atoms with E-state index in [4.69, 9.17) is 14.5 Å². The van der Waals surface area contributed by atoms with Crippen molar-refractivity contribution in [2.75, 3.05) is 26.8 Å². The van der Waals surface area contributed by atoms with Crippen molar-refractivity contribution in [3.63, 3.8) is 0 Å². The standard InChI is InChI=1S/C19H36N6O2/c1-6-20-19(21-11-10-16(14(3)4)27-7-2)22-15-8-9-18-23-17(13-26-5)24-25(18)12-15/h14-16H,6-13H2,1-5H3,(H2,20,21,22). The Kier molecular flexibility index (Phi) is 9.00. The molecule has 0 spiro atoms.